The predicted octanol–water partition coefficient (Wildman–Crippen LogP) is 2.96. The number of hydrogen-bond acceptors (Lipinski definition) is 3. The summed E-state index contributed by atoms with van der Waals surface area (Å²) >= 11 is 6.17. The van der Waals surface area contributed by atoms with E-state index in [1.54, 1.807) is 0 Å². The number of carbonyl (C=O) groups is 1. The third-order valence-corrected chi connectivity index (χ3v) is 3.01. The van der Waals surface area contributed by atoms with Gasteiger partial charge in [0.15, 0.2) is 0 Å². The number of rotatable bonds is 3. The maximum Gasteiger partial charge on any atom is 0.341 e. The van der Waals surface area contributed by atoms with E-state index in [1.807, 2.05) is 13.8 Å². The first-order chi connectivity index (χ1) is 7.56. The number of phenols is 1. The van der Waals surface area contributed by atoms with Gasteiger partial charge in [0.05, 0.1) is 7.11 Å². The molecule has 0 aliphatic carbocycles. The van der Waals surface area contributed by atoms with Crippen LogP contribution >= 0.6 is 11.6 Å². The molecular weight excluding hydrogens is 228 g/mol. The summed E-state index contributed by atoms with van der Waals surface area (Å²) in [6.07, 6.45) is 1.28. The molecule has 0 radical (unpaired) electrons. The second-order valence-corrected chi connectivity index (χ2v) is 3.80. The number of ether oxygens (including phenoxy) is 1. The topological polar surface area (TPSA) is 46.5 Å². The van der Waals surface area contributed by atoms with E-state index in [9.17, 15) is 9.90 Å². The highest BCUT2D eigenvalue weighted by Gasteiger charge is 2.20. The van der Waals surface area contributed by atoms with E-state index in [4.69, 9.17) is 11.6 Å². The molecule has 0 aliphatic rings. The van der Waals surface area contributed by atoms with Crippen LogP contribution in [-0.4, -0.2) is 18.2 Å². The van der Waals surface area contributed by atoms with Gasteiger partial charge in [0.25, 0.3) is 0 Å². The van der Waals surface area contributed by atoms with Crippen LogP contribution in [-0.2, 0) is 17.6 Å². The fourth-order valence-corrected chi connectivity index (χ4v) is 2.09. The zero-order valence-electron chi connectivity index (χ0n) is 9.63. The first-order valence-electron chi connectivity index (χ1n) is 5.18. The minimum absolute atomic E-state index is 0.0649. The number of halogens is 1. The highest BCUT2D eigenvalue weighted by molar-refractivity contribution is 6.32. The lowest BCUT2D eigenvalue weighted by atomic mass is 9.99. The summed E-state index contributed by atoms with van der Waals surface area (Å²) in [4.78, 5) is 11.5. The largest absolute Gasteiger partial charge is 0.507 e. The number of hydrogen-bond donors (Lipinski definition) is 1. The number of aryl methyl sites for hydroxylation is 1. The van der Waals surface area contributed by atoms with Gasteiger partial charge in [0.2, 0.25) is 0 Å². The number of esters is 1. The number of methoxy groups -OCH3 is 1. The van der Waals surface area contributed by atoms with E-state index in [0.29, 0.717) is 23.4 Å². The molecule has 0 heterocycles. The molecule has 0 aromatic heterocycles. The van der Waals surface area contributed by atoms with Crippen molar-refractivity contribution in [2.75, 3.05) is 7.11 Å². The van der Waals surface area contributed by atoms with Crippen molar-refractivity contribution in [3.63, 3.8) is 0 Å². The van der Waals surface area contributed by atoms with Crippen molar-refractivity contribution in [3.8, 4) is 5.75 Å². The summed E-state index contributed by atoms with van der Waals surface area (Å²) in [5, 5.41) is 10.3. The SMILES string of the molecule is CCc1cc(O)c(C(=O)OC)c(CC)c1Cl. The highest BCUT2D eigenvalue weighted by atomic mass is 35.5. The van der Waals surface area contributed by atoms with Gasteiger partial charge in [-0.1, -0.05) is 25.4 Å². The lowest BCUT2D eigenvalue weighted by Gasteiger charge is -2.13. The van der Waals surface area contributed by atoms with Crippen molar-refractivity contribution in [1.82, 2.24) is 0 Å². The van der Waals surface area contributed by atoms with E-state index in [-0.39, 0.29) is 11.3 Å². The van der Waals surface area contributed by atoms with Crippen LogP contribution in [0.2, 0.25) is 5.02 Å². The molecule has 1 aromatic carbocycles. The molecule has 4 heteroatoms. The molecule has 16 heavy (non-hydrogen) atoms. The fraction of sp³-hybridized carbons (Fsp3) is 0.417. The van der Waals surface area contributed by atoms with Crippen LogP contribution in [0.1, 0.15) is 35.3 Å². The van der Waals surface area contributed by atoms with Gasteiger partial charge in [-0.3, -0.25) is 0 Å². The molecule has 0 atom stereocenters. The summed E-state index contributed by atoms with van der Waals surface area (Å²) in [6.45, 7) is 3.82. The Kier molecular flexibility index (Phi) is 4.19. The Morgan fingerprint density at radius 3 is 2.50 bits per heavy atom. The minimum atomic E-state index is -0.557. The molecule has 0 unspecified atom stereocenters. The quantitative estimate of drug-likeness (QED) is 0.829. The monoisotopic (exact) mass is 242 g/mol. The standard InChI is InChI=1S/C12H15ClO3/c1-4-7-6-9(14)10(12(15)16-3)8(5-2)11(7)13/h6,14H,4-5H2,1-3H3. The second kappa shape index (κ2) is 5.21. The Morgan fingerprint density at radius 1 is 1.44 bits per heavy atom. The Morgan fingerprint density at radius 2 is 2.06 bits per heavy atom. The van der Waals surface area contributed by atoms with Crippen molar-refractivity contribution < 1.29 is 14.6 Å². The zero-order valence-corrected chi connectivity index (χ0v) is 10.4. The van der Waals surface area contributed by atoms with Gasteiger partial charge in [-0.15, -0.1) is 0 Å². The number of aromatic hydroxyl groups is 1. The third-order valence-electron chi connectivity index (χ3n) is 2.54. The Bertz CT molecular complexity index is 413. The molecule has 1 aromatic rings. The van der Waals surface area contributed by atoms with Gasteiger partial charge in [-0.25, -0.2) is 4.79 Å². The van der Waals surface area contributed by atoms with Crippen LogP contribution in [0.15, 0.2) is 6.07 Å². The molecule has 0 saturated carbocycles. The summed E-state index contributed by atoms with van der Waals surface area (Å²) in [5.41, 5.74) is 1.65. The highest BCUT2D eigenvalue weighted by Crippen LogP contribution is 2.33. The molecule has 0 fully saturated rings. The number of benzene rings is 1. The van der Waals surface area contributed by atoms with Crippen molar-refractivity contribution in [1.29, 1.82) is 0 Å². The van der Waals surface area contributed by atoms with Gasteiger partial charge in [0.1, 0.15) is 11.3 Å². The van der Waals surface area contributed by atoms with Gasteiger partial charge < -0.3 is 9.84 Å². The van der Waals surface area contributed by atoms with Crippen LogP contribution in [0.3, 0.4) is 0 Å². The van der Waals surface area contributed by atoms with Crippen molar-refractivity contribution >= 4 is 17.6 Å². The van der Waals surface area contributed by atoms with E-state index < -0.39 is 5.97 Å². The molecule has 0 saturated heterocycles. The lowest BCUT2D eigenvalue weighted by Crippen LogP contribution is -2.07. The van der Waals surface area contributed by atoms with Crippen LogP contribution in [0.25, 0.3) is 0 Å². The molecular formula is C12H15ClO3. The zero-order chi connectivity index (χ0) is 12.3. The Balaban J connectivity index is 3.49. The number of carbonyl (C=O) groups excluding carboxylic acids is 1. The van der Waals surface area contributed by atoms with Gasteiger partial charge in [-0.05, 0) is 30.0 Å². The second-order valence-electron chi connectivity index (χ2n) is 3.42. The van der Waals surface area contributed by atoms with Crippen molar-refractivity contribution in [3.05, 3.63) is 27.8 Å². The van der Waals surface area contributed by atoms with Gasteiger partial charge in [-0.2, -0.15) is 0 Å². The lowest BCUT2D eigenvalue weighted by molar-refractivity contribution is 0.0596. The molecule has 3 nitrogen and oxygen atoms in total. The van der Waals surface area contributed by atoms with Crippen molar-refractivity contribution in [2.24, 2.45) is 0 Å². The Hall–Kier alpha value is -1.22. The van der Waals surface area contributed by atoms with Crippen LogP contribution < -0.4 is 0 Å². The first-order valence-corrected chi connectivity index (χ1v) is 5.56. The predicted molar refractivity (Wildman–Crippen MR) is 63.2 cm³/mol. The van der Waals surface area contributed by atoms with E-state index in [2.05, 4.69) is 4.74 Å². The maximum atomic E-state index is 11.5. The van der Waals surface area contributed by atoms with Crippen molar-refractivity contribution in [2.45, 2.75) is 26.7 Å². The molecule has 0 amide bonds. The molecule has 0 bridgehead atoms. The smallest absolute Gasteiger partial charge is 0.341 e. The summed E-state index contributed by atoms with van der Waals surface area (Å²) in [7, 11) is 1.28. The van der Waals surface area contributed by atoms with Crippen LogP contribution in [0, 0.1) is 0 Å². The average Bonchev–Trinajstić information content (AvgIpc) is 2.29. The van der Waals surface area contributed by atoms with Crippen LogP contribution in [0.4, 0.5) is 0 Å². The van der Waals surface area contributed by atoms with E-state index >= 15 is 0 Å². The molecule has 0 aliphatic heterocycles. The summed E-state index contributed by atoms with van der Waals surface area (Å²) in [5.74, 6) is -0.621. The molecule has 88 valence electrons. The van der Waals surface area contributed by atoms with Gasteiger partial charge in [0, 0.05) is 5.02 Å². The number of phenolic OH excluding ortho intramolecular Hbond substituents is 1. The van der Waals surface area contributed by atoms with E-state index in [0.717, 1.165) is 5.56 Å². The first kappa shape index (κ1) is 12.8. The fourth-order valence-electron chi connectivity index (χ4n) is 1.68. The minimum Gasteiger partial charge on any atom is -0.507 e. The average molecular weight is 243 g/mol. The molecule has 1 N–H and O–H groups in total. The summed E-state index contributed by atoms with van der Waals surface area (Å²) < 4.78 is 4.63. The van der Waals surface area contributed by atoms with E-state index in [1.165, 1.54) is 13.2 Å². The normalized spacial score (nSPS) is 10.2. The third kappa shape index (κ3) is 2.14. The molecule has 0 spiro atoms. The maximum absolute atomic E-state index is 11.5. The molecule has 1 rings (SSSR count). The summed E-state index contributed by atoms with van der Waals surface area (Å²) in [6, 6.07) is 1.52. The van der Waals surface area contributed by atoms with Crippen LogP contribution in [0.5, 0.6) is 5.75 Å². The van der Waals surface area contributed by atoms with Gasteiger partial charge >= 0.3 is 5.97 Å². The Labute approximate surface area is 100.0 Å².